The quantitative estimate of drug-likeness (QED) is 0.930. The van der Waals surface area contributed by atoms with Crippen molar-refractivity contribution in [2.24, 2.45) is 0 Å². The van der Waals surface area contributed by atoms with Gasteiger partial charge in [-0.2, -0.15) is 0 Å². The standard InChI is InChI=1S/C16H17N3O2/c20-16(21)14-9-17-11-18-15(14)10-19-7-5-12-3-1-2-4-13(12)6-8-19/h1-4,9,11H,5-8,10H2,(H,20,21). The van der Waals surface area contributed by atoms with Gasteiger partial charge in [0, 0.05) is 25.8 Å². The van der Waals surface area contributed by atoms with Gasteiger partial charge < -0.3 is 5.11 Å². The van der Waals surface area contributed by atoms with Crippen LogP contribution in [0, 0.1) is 0 Å². The Bertz CT molecular complexity index is 630. The Morgan fingerprint density at radius 1 is 1.19 bits per heavy atom. The third-order valence-corrected chi connectivity index (χ3v) is 3.91. The summed E-state index contributed by atoms with van der Waals surface area (Å²) < 4.78 is 0. The van der Waals surface area contributed by atoms with Crippen LogP contribution in [0.4, 0.5) is 0 Å². The molecule has 0 radical (unpaired) electrons. The zero-order chi connectivity index (χ0) is 14.7. The van der Waals surface area contributed by atoms with Gasteiger partial charge in [-0.15, -0.1) is 0 Å². The minimum absolute atomic E-state index is 0.194. The third-order valence-electron chi connectivity index (χ3n) is 3.91. The van der Waals surface area contributed by atoms with Gasteiger partial charge in [-0.1, -0.05) is 24.3 Å². The molecule has 0 saturated carbocycles. The van der Waals surface area contributed by atoms with Gasteiger partial charge in [-0.3, -0.25) is 4.90 Å². The van der Waals surface area contributed by atoms with Crippen molar-refractivity contribution in [3.63, 3.8) is 0 Å². The smallest absolute Gasteiger partial charge is 0.339 e. The van der Waals surface area contributed by atoms with Crippen molar-refractivity contribution in [2.45, 2.75) is 19.4 Å². The predicted molar refractivity (Wildman–Crippen MR) is 78.1 cm³/mol. The van der Waals surface area contributed by atoms with E-state index in [1.807, 2.05) is 0 Å². The average Bonchev–Trinajstić information content (AvgIpc) is 2.71. The molecule has 0 aliphatic carbocycles. The second-order valence-corrected chi connectivity index (χ2v) is 5.23. The van der Waals surface area contributed by atoms with Crippen LogP contribution in [0.1, 0.15) is 27.2 Å². The van der Waals surface area contributed by atoms with Crippen molar-refractivity contribution in [3.8, 4) is 0 Å². The van der Waals surface area contributed by atoms with Gasteiger partial charge in [0.1, 0.15) is 11.9 Å². The molecule has 1 N–H and O–H groups in total. The first-order valence-electron chi connectivity index (χ1n) is 7.05. The molecule has 1 aromatic heterocycles. The fourth-order valence-corrected chi connectivity index (χ4v) is 2.74. The average molecular weight is 283 g/mol. The first-order chi connectivity index (χ1) is 10.2. The predicted octanol–water partition coefficient (Wildman–Crippen LogP) is 1.78. The lowest BCUT2D eigenvalue weighted by Gasteiger charge is -2.19. The van der Waals surface area contributed by atoms with E-state index >= 15 is 0 Å². The number of hydrogen-bond acceptors (Lipinski definition) is 4. The Hall–Kier alpha value is -2.27. The van der Waals surface area contributed by atoms with Crippen LogP contribution in [0.2, 0.25) is 0 Å². The molecular formula is C16H17N3O2. The number of carbonyl (C=O) groups is 1. The Morgan fingerprint density at radius 2 is 1.86 bits per heavy atom. The SMILES string of the molecule is O=C(O)c1cncnc1CN1CCc2ccccc2CC1. The Morgan fingerprint density at radius 3 is 2.48 bits per heavy atom. The number of carboxylic acids is 1. The summed E-state index contributed by atoms with van der Waals surface area (Å²) in [6.07, 6.45) is 4.76. The largest absolute Gasteiger partial charge is 0.478 e. The van der Waals surface area contributed by atoms with Crippen LogP contribution < -0.4 is 0 Å². The van der Waals surface area contributed by atoms with E-state index in [4.69, 9.17) is 0 Å². The minimum Gasteiger partial charge on any atom is -0.478 e. The van der Waals surface area contributed by atoms with Gasteiger partial charge >= 0.3 is 5.97 Å². The van der Waals surface area contributed by atoms with Crippen molar-refractivity contribution < 1.29 is 9.90 Å². The van der Waals surface area contributed by atoms with Crippen LogP contribution in [-0.2, 0) is 19.4 Å². The van der Waals surface area contributed by atoms with Crippen LogP contribution in [-0.4, -0.2) is 39.0 Å². The summed E-state index contributed by atoms with van der Waals surface area (Å²) in [6.45, 7) is 2.39. The van der Waals surface area contributed by atoms with E-state index in [-0.39, 0.29) is 5.56 Å². The van der Waals surface area contributed by atoms with Crippen molar-refractivity contribution in [1.82, 2.24) is 14.9 Å². The van der Waals surface area contributed by atoms with Crippen LogP contribution >= 0.6 is 0 Å². The van der Waals surface area contributed by atoms with E-state index in [0.717, 1.165) is 25.9 Å². The molecule has 2 aromatic rings. The third kappa shape index (κ3) is 3.08. The zero-order valence-electron chi connectivity index (χ0n) is 11.7. The van der Waals surface area contributed by atoms with Crippen LogP contribution in [0.3, 0.4) is 0 Å². The fraction of sp³-hybridized carbons (Fsp3) is 0.312. The Labute approximate surface area is 123 Å². The normalized spacial score (nSPS) is 15.2. The summed E-state index contributed by atoms with van der Waals surface area (Å²) >= 11 is 0. The number of aromatic nitrogens is 2. The van der Waals surface area contributed by atoms with Gasteiger partial charge in [0.2, 0.25) is 0 Å². The first-order valence-corrected chi connectivity index (χ1v) is 7.05. The van der Waals surface area contributed by atoms with Crippen LogP contribution in [0.15, 0.2) is 36.8 Å². The molecule has 0 unspecified atom stereocenters. The van der Waals surface area contributed by atoms with E-state index in [0.29, 0.717) is 12.2 Å². The highest BCUT2D eigenvalue weighted by molar-refractivity contribution is 5.88. The molecule has 5 heteroatoms. The molecule has 5 nitrogen and oxygen atoms in total. The molecule has 0 amide bonds. The molecule has 21 heavy (non-hydrogen) atoms. The summed E-state index contributed by atoms with van der Waals surface area (Å²) in [4.78, 5) is 21.4. The van der Waals surface area contributed by atoms with E-state index in [2.05, 4.69) is 39.1 Å². The highest BCUT2D eigenvalue weighted by Gasteiger charge is 2.17. The van der Waals surface area contributed by atoms with E-state index in [9.17, 15) is 9.90 Å². The molecule has 0 saturated heterocycles. The number of aromatic carboxylic acids is 1. The second kappa shape index (κ2) is 6.01. The van der Waals surface area contributed by atoms with Gasteiger partial charge in [-0.25, -0.2) is 14.8 Å². The minimum atomic E-state index is -0.969. The van der Waals surface area contributed by atoms with Crippen molar-refractivity contribution in [2.75, 3.05) is 13.1 Å². The molecule has 1 aromatic carbocycles. The zero-order valence-corrected chi connectivity index (χ0v) is 11.7. The highest BCUT2D eigenvalue weighted by atomic mass is 16.4. The van der Waals surface area contributed by atoms with E-state index in [1.54, 1.807) is 0 Å². The lowest BCUT2D eigenvalue weighted by Crippen LogP contribution is -2.27. The number of fused-ring (bicyclic) bond motifs is 1. The summed E-state index contributed by atoms with van der Waals surface area (Å²) in [6, 6.07) is 8.49. The molecule has 0 atom stereocenters. The molecule has 2 heterocycles. The summed E-state index contributed by atoms with van der Waals surface area (Å²) in [7, 11) is 0. The number of nitrogens with zero attached hydrogens (tertiary/aromatic N) is 3. The molecule has 0 fully saturated rings. The number of hydrogen-bond donors (Lipinski definition) is 1. The monoisotopic (exact) mass is 283 g/mol. The van der Waals surface area contributed by atoms with Crippen LogP contribution in [0.5, 0.6) is 0 Å². The maximum Gasteiger partial charge on any atom is 0.339 e. The Balaban J connectivity index is 1.74. The fourth-order valence-electron chi connectivity index (χ4n) is 2.74. The molecule has 1 aliphatic rings. The summed E-state index contributed by atoms with van der Waals surface area (Å²) in [5, 5.41) is 9.19. The highest BCUT2D eigenvalue weighted by Crippen LogP contribution is 2.17. The van der Waals surface area contributed by atoms with Crippen LogP contribution in [0.25, 0.3) is 0 Å². The van der Waals surface area contributed by atoms with Gasteiger partial charge in [0.05, 0.1) is 5.69 Å². The second-order valence-electron chi connectivity index (χ2n) is 5.23. The molecule has 3 rings (SSSR count). The topological polar surface area (TPSA) is 66.3 Å². The number of carboxylic acid groups (broad SMARTS) is 1. The Kier molecular flexibility index (Phi) is 3.92. The lowest BCUT2D eigenvalue weighted by atomic mass is 10.0. The maximum atomic E-state index is 11.2. The van der Waals surface area contributed by atoms with E-state index in [1.165, 1.54) is 23.7 Å². The molecule has 0 spiro atoms. The number of benzene rings is 1. The molecular weight excluding hydrogens is 266 g/mol. The van der Waals surface area contributed by atoms with Gasteiger partial charge in [-0.05, 0) is 24.0 Å². The van der Waals surface area contributed by atoms with E-state index < -0.39 is 5.97 Å². The van der Waals surface area contributed by atoms with Crippen molar-refractivity contribution in [1.29, 1.82) is 0 Å². The lowest BCUT2D eigenvalue weighted by molar-refractivity contribution is 0.0693. The van der Waals surface area contributed by atoms with Crippen molar-refractivity contribution in [3.05, 3.63) is 59.2 Å². The maximum absolute atomic E-state index is 11.2. The molecule has 108 valence electrons. The summed E-state index contributed by atoms with van der Waals surface area (Å²) in [5.41, 5.74) is 3.56. The molecule has 0 bridgehead atoms. The number of rotatable bonds is 3. The van der Waals surface area contributed by atoms with Crippen molar-refractivity contribution >= 4 is 5.97 Å². The summed E-state index contributed by atoms with van der Waals surface area (Å²) in [5.74, 6) is -0.969. The first kappa shape index (κ1) is 13.7. The van der Waals surface area contributed by atoms with Gasteiger partial charge in [0.15, 0.2) is 0 Å². The van der Waals surface area contributed by atoms with Gasteiger partial charge in [0.25, 0.3) is 0 Å². The molecule has 1 aliphatic heterocycles.